The topological polar surface area (TPSA) is 51.1 Å². The van der Waals surface area contributed by atoms with Crippen molar-refractivity contribution >= 4 is 11.6 Å². The number of carbonyl (C=O) groups excluding carboxylic acids is 1. The number of pyridine rings is 1. The molecule has 0 atom stereocenters. The van der Waals surface area contributed by atoms with Crippen LogP contribution < -0.4 is 10.7 Å². The van der Waals surface area contributed by atoms with Gasteiger partial charge in [-0.15, -0.1) is 0 Å². The van der Waals surface area contributed by atoms with Crippen molar-refractivity contribution in [2.75, 3.05) is 5.32 Å². The number of benzene rings is 2. The Labute approximate surface area is 140 Å². The molecule has 4 heteroatoms. The van der Waals surface area contributed by atoms with Crippen molar-refractivity contribution in [3.63, 3.8) is 0 Å². The highest BCUT2D eigenvalue weighted by molar-refractivity contribution is 6.08. The summed E-state index contributed by atoms with van der Waals surface area (Å²) in [5.74, 6) is -0.402. The number of hydrogen-bond acceptors (Lipinski definition) is 2. The molecule has 0 spiro atoms. The molecule has 3 aromatic rings. The molecule has 0 aliphatic heterocycles. The number of anilines is 1. The second-order valence-electron chi connectivity index (χ2n) is 5.62. The highest BCUT2D eigenvalue weighted by Gasteiger charge is 2.20. The smallest absolute Gasteiger partial charge is 0.261 e. The lowest BCUT2D eigenvalue weighted by Gasteiger charge is -2.16. The maximum Gasteiger partial charge on any atom is 0.261 e. The number of aryl methyl sites for hydroxylation is 1. The Bertz CT molecular complexity index is 929. The first-order chi connectivity index (χ1) is 11.6. The Morgan fingerprint density at radius 1 is 0.958 bits per heavy atom. The number of aromatic nitrogens is 1. The SMILES string of the molecule is Cc1cc(=O)c(C(=O)Nc2ccccc2)c(-c2ccccc2)n1C. The number of hydrogen-bond donors (Lipinski definition) is 1. The van der Waals surface area contributed by atoms with E-state index >= 15 is 0 Å². The van der Waals surface area contributed by atoms with Crippen LogP contribution in [0.15, 0.2) is 71.5 Å². The summed E-state index contributed by atoms with van der Waals surface area (Å²) < 4.78 is 1.87. The second-order valence-corrected chi connectivity index (χ2v) is 5.62. The van der Waals surface area contributed by atoms with Crippen LogP contribution in [0.1, 0.15) is 16.1 Å². The van der Waals surface area contributed by atoms with Gasteiger partial charge in [0, 0.05) is 24.5 Å². The monoisotopic (exact) mass is 318 g/mol. The molecule has 0 bridgehead atoms. The fourth-order valence-corrected chi connectivity index (χ4v) is 2.69. The Balaban J connectivity index is 2.15. The zero-order chi connectivity index (χ0) is 17.1. The van der Waals surface area contributed by atoms with Crippen LogP contribution in [0.4, 0.5) is 5.69 Å². The summed E-state index contributed by atoms with van der Waals surface area (Å²) >= 11 is 0. The summed E-state index contributed by atoms with van der Waals surface area (Å²) in [4.78, 5) is 25.3. The molecule has 3 rings (SSSR count). The zero-order valence-corrected chi connectivity index (χ0v) is 13.6. The summed E-state index contributed by atoms with van der Waals surface area (Å²) in [5, 5.41) is 2.80. The van der Waals surface area contributed by atoms with Gasteiger partial charge in [0.25, 0.3) is 5.91 Å². The van der Waals surface area contributed by atoms with Gasteiger partial charge in [-0.25, -0.2) is 0 Å². The largest absolute Gasteiger partial charge is 0.347 e. The summed E-state index contributed by atoms with van der Waals surface area (Å²) in [6, 6.07) is 20.1. The second kappa shape index (κ2) is 6.54. The van der Waals surface area contributed by atoms with E-state index in [1.807, 2.05) is 67.1 Å². The normalized spacial score (nSPS) is 10.4. The quantitative estimate of drug-likeness (QED) is 0.802. The first-order valence-corrected chi connectivity index (χ1v) is 7.70. The predicted octanol–water partition coefficient (Wildman–Crippen LogP) is 3.61. The molecule has 1 heterocycles. The third kappa shape index (κ3) is 2.99. The molecule has 0 aliphatic carbocycles. The van der Waals surface area contributed by atoms with Crippen LogP contribution in [-0.2, 0) is 7.05 Å². The fraction of sp³-hybridized carbons (Fsp3) is 0.100. The number of carbonyl (C=O) groups is 1. The lowest BCUT2D eigenvalue weighted by atomic mass is 10.0. The molecule has 4 nitrogen and oxygen atoms in total. The van der Waals surface area contributed by atoms with Gasteiger partial charge in [0.15, 0.2) is 5.43 Å². The molecule has 0 aliphatic rings. The van der Waals surface area contributed by atoms with Crippen molar-refractivity contribution in [3.8, 4) is 11.3 Å². The predicted molar refractivity (Wildman–Crippen MR) is 96.3 cm³/mol. The van der Waals surface area contributed by atoms with Gasteiger partial charge < -0.3 is 9.88 Å². The van der Waals surface area contributed by atoms with Crippen molar-refractivity contribution in [3.05, 3.63) is 88.2 Å². The van der Waals surface area contributed by atoms with Crippen LogP contribution in [0.25, 0.3) is 11.3 Å². The molecule has 120 valence electrons. The Kier molecular flexibility index (Phi) is 4.29. The molecule has 0 radical (unpaired) electrons. The summed E-state index contributed by atoms with van der Waals surface area (Å²) in [6.07, 6.45) is 0. The van der Waals surface area contributed by atoms with E-state index in [0.29, 0.717) is 11.4 Å². The molecule has 1 N–H and O–H groups in total. The minimum atomic E-state index is -0.402. The first-order valence-electron chi connectivity index (χ1n) is 7.70. The van der Waals surface area contributed by atoms with Crippen molar-refractivity contribution in [1.82, 2.24) is 4.57 Å². The van der Waals surface area contributed by atoms with Crippen molar-refractivity contribution in [2.24, 2.45) is 7.05 Å². The van der Waals surface area contributed by atoms with Gasteiger partial charge >= 0.3 is 0 Å². The third-order valence-corrected chi connectivity index (χ3v) is 3.99. The van der Waals surface area contributed by atoms with E-state index in [1.54, 1.807) is 12.1 Å². The Morgan fingerprint density at radius 3 is 2.17 bits per heavy atom. The van der Waals surface area contributed by atoms with Crippen LogP contribution in [0.3, 0.4) is 0 Å². The Hall–Kier alpha value is -3.14. The first kappa shape index (κ1) is 15.7. The minimum absolute atomic E-state index is 0.151. The third-order valence-electron chi connectivity index (χ3n) is 3.99. The van der Waals surface area contributed by atoms with Crippen molar-refractivity contribution in [2.45, 2.75) is 6.92 Å². The Morgan fingerprint density at radius 2 is 1.54 bits per heavy atom. The van der Waals surface area contributed by atoms with E-state index in [4.69, 9.17) is 0 Å². The number of nitrogens with zero attached hydrogens (tertiary/aromatic N) is 1. The molecular formula is C20H18N2O2. The number of amides is 1. The average Bonchev–Trinajstić information content (AvgIpc) is 2.59. The van der Waals surface area contributed by atoms with Gasteiger partial charge in [0.1, 0.15) is 5.56 Å². The maximum absolute atomic E-state index is 12.8. The van der Waals surface area contributed by atoms with E-state index in [9.17, 15) is 9.59 Å². The fourth-order valence-electron chi connectivity index (χ4n) is 2.69. The number of para-hydroxylation sites is 1. The van der Waals surface area contributed by atoms with Gasteiger partial charge in [-0.2, -0.15) is 0 Å². The number of nitrogens with one attached hydrogen (secondary N) is 1. The van der Waals surface area contributed by atoms with E-state index in [0.717, 1.165) is 11.3 Å². The lowest BCUT2D eigenvalue weighted by Crippen LogP contribution is -2.25. The van der Waals surface area contributed by atoms with E-state index in [-0.39, 0.29) is 11.0 Å². The van der Waals surface area contributed by atoms with Gasteiger partial charge in [0.05, 0.1) is 5.69 Å². The maximum atomic E-state index is 12.8. The van der Waals surface area contributed by atoms with Gasteiger partial charge in [0.2, 0.25) is 0 Å². The molecule has 1 aromatic heterocycles. The molecule has 0 unspecified atom stereocenters. The zero-order valence-electron chi connectivity index (χ0n) is 13.6. The van der Waals surface area contributed by atoms with Crippen LogP contribution in [-0.4, -0.2) is 10.5 Å². The number of rotatable bonds is 3. The molecule has 2 aromatic carbocycles. The highest BCUT2D eigenvalue weighted by Crippen LogP contribution is 2.23. The van der Waals surface area contributed by atoms with E-state index < -0.39 is 5.91 Å². The molecule has 0 saturated heterocycles. The van der Waals surface area contributed by atoms with E-state index in [1.165, 1.54) is 6.07 Å². The molecule has 0 fully saturated rings. The van der Waals surface area contributed by atoms with Crippen LogP contribution >= 0.6 is 0 Å². The molecule has 0 saturated carbocycles. The molecule has 1 amide bonds. The molecular weight excluding hydrogens is 300 g/mol. The lowest BCUT2D eigenvalue weighted by molar-refractivity contribution is 0.102. The summed E-state index contributed by atoms with van der Waals surface area (Å²) in [5.41, 5.74) is 2.78. The minimum Gasteiger partial charge on any atom is -0.347 e. The van der Waals surface area contributed by atoms with E-state index in [2.05, 4.69) is 5.32 Å². The van der Waals surface area contributed by atoms with Gasteiger partial charge in [-0.1, -0.05) is 48.5 Å². The summed E-state index contributed by atoms with van der Waals surface area (Å²) in [7, 11) is 1.86. The summed E-state index contributed by atoms with van der Waals surface area (Å²) in [6.45, 7) is 1.85. The van der Waals surface area contributed by atoms with Gasteiger partial charge in [-0.3, -0.25) is 9.59 Å². The molecule has 24 heavy (non-hydrogen) atoms. The standard InChI is InChI=1S/C20H18N2O2/c1-14-13-17(23)18(20(24)21-16-11-7-4-8-12-16)19(22(14)2)15-9-5-3-6-10-15/h3-13H,1-2H3,(H,21,24). The average molecular weight is 318 g/mol. The van der Waals surface area contributed by atoms with Crippen molar-refractivity contribution < 1.29 is 4.79 Å². The van der Waals surface area contributed by atoms with Crippen molar-refractivity contribution in [1.29, 1.82) is 0 Å². The van der Waals surface area contributed by atoms with Crippen LogP contribution in [0.5, 0.6) is 0 Å². The van der Waals surface area contributed by atoms with Crippen LogP contribution in [0.2, 0.25) is 0 Å². The highest BCUT2D eigenvalue weighted by atomic mass is 16.2. The van der Waals surface area contributed by atoms with Gasteiger partial charge in [-0.05, 0) is 24.6 Å². The van der Waals surface area contributed by atoms with Crippen LogP contribution in [0, 0.1) is 6.92 Å².